The number of nitrogens with one attached hydrogen (secondary N) is 1. The van der Waals surface area contributed by atoms with Crippen LogP contribution in [-0.4, -0.2) is 22.1 Å². The fourth-order valence-electron chi connectivity index (χ4n) is 2.29. The second kappa shape index (κ2) is 6.66. The Kier molecular flexibility index (Phi) is 4.90. The molecule has 0 saturated carbocycles. The van der Waals surface area contributed by atoms with E-state index in [9.17, 15) is 4.79 Å². The van der Waals surface area contributed by atoms with Crippen LogP contribution < -0.4 is 10.9 Å². The number of benzene rings is 1. The van der Waals surface area contributed by atoms with Crippen molar-refractivity contribution >= 4 is 10.9 Å². The highest BCUT2D eigenvalue weighted by Crippen LogP contribution is 2.07. The molecule has 1 atom stereocenters. The van der Waals surface area contributed by atoms with Gasteiger partial charge in [0, 0.05) is 12.6 Å². The van der Waals surface area contributed by atoms with Gasteiger partial charge in [-0.2, -0.15) is 0 Å². The Morgan fingerprint density at radius 3 is 2.75 bits per heavy atom. The molecule has 0 bridgehead atoms. The van der Waals surface area contributed by atoms with E-state index >= 15 is 0 Å². The van der Waals surface area contributed by atoms with Gasteiger partial charge in [0.1, 0.15) is 0 Å². The normalized spacial score (nSPS) is 13.0. The summed E-state index contributed by atoms with van der Waals surface area (Å²) < 4.78 is 1.72. The Balaban J connectivity index is 2.28. The van der Waals surface area contributed by atoms with E-state index in [1.165, 1.54) is 0 Å². The van der Waals surface area contributed by atoms with Gasteiger partial charge in [-0.15, -0.1) is 0 Å². The van der Waals surface area contributed by atoms with Gasteiger partial charge >= 0.3 is 0 Å². The van der Waals surface area contributed by atoms with Crippen molar-refractivity contribution < 1.29 is 0 Å². The Bertz CT molecular complexity index is 618. The largest absolute Gasteiger partial charge is 0.312 e. The molecule has 0 aliphatic rings. The van der Waals surface area contributed by atoms with E-state index in [2.05, 4.69) is 31.1 Å². The van der Waals surface area contributed by atoms with Gasteiger partial charge in [-0.3, -0.25) is 9.36 Å². The first-order chi connectivity index (χ1) is 9.63. The molecule has 4 nitrogen and oxygen atoms in total. The summed E-state index contributed by atoms with van der Waals surface area (Å²) in [4.78, 5) is 16.8. The smallest absolute Gasteiger partial charge is 0.261 e. The lowest BCUT2D eigenvalue weighted by molar-refractivity contribution is 0.352. The lowest BCUT2D eigenvalue weighted by Gasteiger charge is -2.23. The van der Waals surface area contributed by atoms with Crippen molar-refractivity contribution in [3.63, 3.8) is 0 Å². The number of nitrogens with zero attached hydrogens (tertiary/aromatic N) is 2. The first-order valence-electron chi connectivity index (χ1n) is 7.31. The molecule has 0 radical (unpaired) electrons. The molecule has 2 aromatic rings. The molecule has 0 aliphatic carbocycles. The first-order valence-corrected chi connectivity index (χ1v) is 7.31. The second-order valence-electron chi connectivity index (χ2n) is 5.52. The maximum absolute atomic E-state index is 12.5. The van der Waals surface area contributed by atoms with E-state index in [1.54, 1.807) is 10.9 Å². The Morgan fingerprint density at radius 2 is 2.05 bits per heavy atom. The lowest BCUT2D eigenvalue weighted by atomic mass is 10.0. The fraction of sp³-hybridized carbons (Fsp3) is 0.500. The average molecular weight is 273 g/mol. The summed E-state index contributed by atoms with van der Waals surface area (Å²) in [6, 6.07) is 7.78. The highest BCUT2D eigenvalue weighted by Gasteiger charge is 2.14. The van der Waals surface area contributed by atoms with Gasteiger partial charge in [0.25, 0.3) is 5.56 Å². The zero-order valence-electron chi connectivity index (χ0n) is 12.5. The molecule has 2 rings (SSSR count). The molecule has 0 spiro atoms. The van der Waals surface area contributed by atoms with E-state index in [4.69, 9.17) is 0 Å². The third-order valence-corrected chi connectivity index (χ3v) is 3.59. The molecule has 1 heterocycles. The highest BCUT2D eigenvalue weighted by atomic mass is 16.1. The fourth-order valence-corrected chi connectivity index (χ4v) is 2.29. The van der Waals surface area contributed by atoms with E-state index < -0.39 is 0 Å². The van der Waals surface area contributed by atoms with Crippen LogP contribution in [0.1, 0.15) is 27.2 Å². The van der Waals surface area contributed by atoms with Crippen LogP contribution in [0, 0.1) is 5.92 Å². The average Bonchev–Trinajstić information content (AvgIpc) is 2.45. The predicted octanol–water partition coefficient (Wildman–Crippen LogP) is 2.42. The molecule has 0 fully saturated rings. The first kappa shape index (κ1) is 14.7. The van der Waals surface area contributed by atoms with Crippen molar-refractivity contribution in [1.29, 1.82) is 0 Å². The van der Waals surface area contributed by atoms with Gasteiger partial charge in [0.2, 0.25) is 0 Å². The zero-order chi connectivity index (χ0) is 14.5. The monoisotopic (exact) mass is 273 g/mol. The summed E-state index contributed by atoms with van der Waals surface area (Å²) in [6.07, 6.45) is 2.75. The van der Waals surface area contributed by atoms with E-state index in [1.807, 2.05) is 24.3 Å². The van der Waals surface area contributed by atoms with Gasteiger partial charge in [-0.25, -0.2) is 4.98 Å². The molecule has 1 unspecified atom stereocenters. The Morgan fingerprint density at radius 1 is 1.30 bits per heavy atom. The van der Waals surface area contributed by atoms with Crippen LogP contribution in [0.25, 0.3) is 10.9 Å². The molecular formula is C16H23N3O. The van der Waals surface area contributed by atoms with Gasteiger partial charge < -0.3 is 5.32 Å². The van der Waals surface area contributed by atoms with E-state index in [0.29, 0.717) is 17.8 Å². The van der Waals surface area contributed by atoms with Crippen LogP contribution in [-0.2, 0) is 6.54 Å². The SMILES string of the molecule is CCCNC(Cn1cnc2ccccc2c1=O)C(C)C. The minimum atomic E-state index is 0.0412. The van der Waals surface area contributed by atoms with Crippen molar-refractivity contribution in [2.75, 3.05) is 6.54 Å². The van der Waals surface area contributed by atoms with Crippen molar-refractivity contribution in [2.24, 2.45) is 5.92 Å². The summed E-state index contributed by atoms with van der Waals surface area (Å²) in [5.74, 6) is 0.472. The molecule has 4 heteroatoms. The van der Waals surface area contributed by atoms with Gasteiger partial charge in [0.15, 0.2) is 0 Å². The summed E-state index contributed by atoms with van der Waals surface area (Å²) in [7, 11) is 0. The number of rotatable bonds is 6. The van der Waals surface area contributed by atoms with E-state index in [0.717, 1.165) is 18.5 Å². The predicted molar refractivity (Wildman–Crippen MR) is 82.9 cm³/mol. The Hall–Kier alpha value is -1.68. The minimum Gasteiger partial charge on any atom is -0.312 e. The van der Waals surface area contributed by atoms with Crippen LogP contribution in [0.5, 0.6) is 0 Å². The van der Waals surface area contributed by atoms with Crippen LogP contribution in [0.2, 0.25) is 0 Å². The molecule has 108 valence electrons. The molecule has 0 amide bonds. The molecule has 0 saturated heterocycles. The van der Waals surface area contributed by atoms with Crippen molar-refractivity contribution in [3.05, 3.63) is 40.9 Å². The summed E-state index contributed by atoms with van der Waals surface area (Å²) in [5, 5.41) is 4.19. The summed E-state index contributed by atoms with van der Waals surface area (Å²) in [6.45, 7) is 8.13. The number of fused-ring (bicyclic) bond motifs is 1. The topological polar surface area (TPSA) is 46.9 Å². The third kappa shape index (κ3) is 3.25. The molecule has 20 heavy (non-hydrogen) atoms. The summed E-state index contributed by atoms with van der Waals surface area (Å²) in [5.41, 5.74) is 0.802. The maximum atomic E-state index is 12.5. The lowest BCUT2D eigenvalue weighted by Crippen LogP contribution is -2.40. The number of para-hydroxylation sites is 1. The number of hydrogen-bond acceptors (Lipinski definition) is 3. The third-order valence-electron chi connectivity index (χ3n) is 3.59. The summed E-state index contributed by atoms with van der Waals surface area (Å²) >= 11 is 0. The van der Waals surface area contributed by atoms with Crippen LogP contribution in [0.3, 0.4) is 0 Å². The molecule has 1 aromatic carbocycles. The van der Waals surface area contributed by atoms with Crippen molar-refractivity contribution in [2.45, 2.75) is 39.8 Å². The standard InChI is InChI=1S/C16H23N3O/c1-4-9-17-15(12(2)3)10-19-11-18-14-8-6-5-7-13(14)16(19)20/h5-8,11-12,15,17H,4,9-10H2,1-3H3. The second-order valence-corrected chi connectivity index (χ2v) is 5.52. The highest BCUT2D eigenvalue weighted by molar-refractivity contribution is 5.76. The van der Waals surface area contributed by atoms with Gasteiger partial charge in [-0.1, -0.05) is 32.9 Å². The maximum Gasteiger partial charge on any atom is 0.261 e. The molecular weight excluding hydrogens is 250 g/mol. The van der Waals surface area contributed by atoms with Gasteiger partial charge in [-0.05, 0) is 31.0 Å². The molecule has 0 aliphatic heterocycles. The Labute approximate surface area is 119 Å². The van der Waals surface area contributed by atoms with Crippen LogP contribution >= 0.6 is 0 Å². The number of hydrogen-bond donors (Lipinski definition) is 1. The van der Waals surface area contributed by atoms with Crippen molar-refractivity contribution in [3.8, 4) is 0 Å². The van der Waals surface area contributed by atoms with Crippen molar-refractivity contribution in [1.82, 2.24) is 14.9 Å². The minimum absolute atomic E-state index is 0.0412. The number of aromatic nitrogens is 2. The quantitative estimate of drug-likeness (QED) is 0.879. The van der Waals surface area contributed by atoms with Crippen LogP contribution in [0.15, 0.2) is 35.4 Å². The van der Waals surface area contributed by atoms with Gasteiger partial charge in [0.05, 0.1) is 17.2 Å². The zero-order valence-corrected chi connectivity index (χ0v) is 12.5. The molecule has 1 N–H and O–H groups in total. The molecule has 1 aromatic heterocycles. The van der Waals surface area contributed by atoms with Crippen LogP contribution in [0.4, 0.5) is 0 Å². The van der Waals surface area contributed by atoms with E-state index in [-0.39, 0.29) is 11.6 Å².